The fourth-order valence-electron chi connectivity index (χ4n) is 2.14. The molecule has 3 rings (SSSR count). The van der Waals surface area contributed by atoms with Crippen molar-refractivity contribution in [1.82, 2.24) is 0 Å². The molecular weight excluding hydrogens is 304 g/mol. The smallest absolute Gasteiger partial charge is 0.340 e. The van der Waals surface area contributed by atoms with Crippen LogP contribution < -0.4 is 0 Å². The van der Waals surface area contributed by atoms with E-state index >= 15 is 0 Å². The zero-order chi connectivity index (χ0) is 15.4. The summed E-state index contributed by atoms with van der Waals surface area (Å²) in [4.78, 5) is 12.2. The van der Waals surface area contributed by atoms with Gasteiger partial charge in [-0.3, -0.25) is 4.18 Å². The van der Waals surface area contributed by atoms with Crippen molar-refractivity contribution in [2.24, 2.45) is 0 Å². The number of esters is 1. The molecule has 1 aliphatic heterocycles. The average molecular weight is 318 g/mol. The first-order valence-corrected chi connectivity index (χ1v) is 7.75. The summed E-state index contributed by atoms with van der Waals surface area (Å²) in [5.74, 6) is -0.594. The van der Waals surface area contributed by atoms with Crippen molar-refractivity contribution in [3.63, 3.8) is 0 Å². The van der Waals surface area contributed by atoms with Crippen LogP contribution in [0.3, 0.4) is 0 Å². The minimum absolute atomic E-state index is 0.133. The van der Waals surface area contributed by atoms with Crippen LogP contribution in [0.5, 0.6) is 0 Å². The predicted octanol–water partition coefficient (Wildman–Crippen LogP) is 2.47. The van der Waals surface area contributed by atoms with Crippen molar-refractivity contribution in [3.8, 4) is 0 Å². The van der Waals surface area contributed by atoms with Gasteiger partial charge in [0.25, 0.3) is 0 Å². The predicted molar refractivity (Wildman–Crippen MR) is 79.5 cm³/mol. The Morgan fingerprint density at radius 2 is 1.64 bits per heavy atom. The van der Waals surface area contributed by atoms with Crippen LogP contribution in [0.2, 0.25) is 0 Å². The van der Waals surface area contributed by atoms with Gasteiger partial charge in [-0.25, -0.2) is 8.98 Å². The fourth-order valence-corrected chi connectivity index (χ4v) is 2.92. The van der Waals surface area contributed by atoms with Crippen LogP contribution in [0, 0.1) is 0 Å². The molecule has 1 unspecified atom stereocenters. The average Bonchev–Trinajstić information content (AvgIpc) is 2.96. The van der Waals surface area contributed by atoms with Crippen LogP contribution >= 0.6 is 0 Å². The number of carbonyl (C=O) groups excluding carboxylic acids is 1. The van der Waals surface area contributed by atoms with Crippen molar-refractivity contribution < 1.29 is 22.1 Å². The zero-order valence-corrected chi connectivity index (χ0v) is 12.4. The second kappa shape index (κ2) is 6.83. The van der Waals surface area contributed by atoms with Crippen molar-refractivity contribution >= 4 is 17.3 Å². The van der Waals surface area contributed by atoms with Gasteiger partial charge in [0.1, 0.15) is 12.7 Å². The topological polar surface area (TPSA) is 61.8 Å². The highest BCUT2D eigenvalue weighted by atomic mass is 32.2. The van der Waals surface area contributed by atoms with Gasteiger partial charge in [-0.05, 0) is 11.1 Å². The molecule has 1 saturated heterocycles. The van der Waals surface area contributed by atoms with Gasteiger partial charge in [0.2, 0.25) is 6.10 Å². The summed E-state index contributed by atoms with van der Waals surface area (Å²) in [7, 11) is 0. The summed E-state index contributed by atoms with van der Waals surface area (Å²) in [6, 6.07) is 18.4. The molecule has 3 atom stereocenters. The third kappa shape index (κ3) is 3.41. The second-order valence-corrected chi connectivity index (χ2v) is 5.53. The Morgan fingerprint density at radius 3 is 2.32 bits per heavy atom. The highest BCUT2D eigenvalue weighted by Gasteiger charge is 2.42. The fraction of sp³-hybridized carbons (Fsp3) is 0.188. The van der Waals surface area contributed by atoms with E-state index in [4.69, 9.17) is 13.1 Å². The Bertz CT molecular complexity index is 659. The Kier molecular flexibility index (Phi) is 4.62. The molecule has 1 fully saturated rings. The van der Waals surface area contributed by atoms with Crippen molar-refractivity contribution in [2.75, 3.05) is 0 Å². The molecule has 1 heterocycles. The minimum atomic E-state index is -1.95. The first-order valence-electron chi connectivity index (χ1n) is 6.75. The Hall–Kier alpha value is -2.02. The van der Waals surface area contributed by atoms with E-state index in [-0.39, 0.29) is 6.61 Å². The molecule has 2 aromatic rings. The van der Waals surface area contributed by atoms with Crippen LogP contribution in [-0.4, -0.2) is 16.3 Å². The number of hydrogen-bond acceptors (Lipinski definition) is 5. The van der Waals surface area contributed by atoms with E-state index in [9.17, 15) is 9.00 Å². The molecule has 22 heavy (non-hydrogen) atoms. The lowest BCUT2D eigenvalue weighted by atomic mass is 10.0. The lowest BCUT2D eigenvalue weighted by Crippen LogP contribution is -2.28. The Morgan fingerprint density at radius 1 is 1.00 bits per heavy atom. The van der Waals surface area contributed by atoms with Crippen molar-refractivity contribution in [2.45, 2.75) is 18.8 Å². The number of benzene rings is 2. The van der Waals surface area contributed by atoms with Gasteiger partial charge in [0.05, 0.1) is 0 Å². The molecule has 1 aliphatic rings. The van der Waals surface area contributed by atoms with Crippen LogP contribution in [-0.2, 0) is 35.9 Å². The van der Waals surface area contributed by atoms with Gasteiger partial charge in [0.15, 0.2) is 0 Å². The van der Waals surface area contributed by atoms with E-state index in [2.05, 4.69) is 0 Å². The summed E-state index contributed by atoms with van der Waals surface area (Å²) in [6.45, 7) is 0.133. The lowest BCUT2D eigenvalue weighted by Gasteiger charge is -2.14. The first-order chi connectivity index (χ1) is 10.7. The third-order valence-electron chi connectivity index (χ3n) is 3.22. The monoisotopic (exact) mass is 318 g/mol. The largest absolute Gasteiger partial charge is 0.459 e. The van der Waals surface area contributed by atoms with Crippen LogP contribution in [0.25, 0.3) is 0 Å². The van der Waals surface area contributed by atoms with E-state index in [0.717, 1.165) is 11.1 Å². The molecule has 0 aliphatic carbocycles. The van der Waals surface area contributed by atoms with Gasteiger partial charge >= 0.3 is 17.3 Å². The summed E-state index contributed by atoms with van der Waals surface area (Å²) < 4.78 is 26.9. The number of ether oxygens (including phenoxy) is 1. The van der Waals surface area contributed by atoms with Gasteiger partial charge < -0.3 is 4.74 Å². The Labute approximate surface area is 130 Å². The quantitative estimate of drug-likeness (QED) is 0.810. The second-order valence-electron chi connectivity index (χ2n) is 4.74. The standard InChI is InChI=1S/C16H14O5S/c17-16(19-11-12-7-3-1-4-8-12)15-14(20-22(18)21-15)13-9-5-2-6-10-13/h1-10,14-15H,11H2/t14-,15+,22?/m0/s1. The highest BCUT2D eigenvalue weighted by molar-refractivity contribution is 7.75. The summed E-state index contributed by atoms with van der Waals surface area (Å²) in [5.41, 5.74) is 1.59. The van der Waals surface area contributed by atoms with Crippen LogP contribution in [0.1, 0.15) is 17.2 Å². The molecule has 0 spiro atoms. The summed E-state index contributed by atoms with van der Waals surface area (Å²) >= 11 is -1.95. The summed E-state index contributed by atoms with van der Waals surface area (Å²) in [5, 5.41) is 0. The van der Waals surface area contributed by atoms with Crippen molar-refractivity contribution in [3.05, 3.63) is 71.8 Å². The van der Waals surface area contributed by atoms with E-state index in [0.29, 0.717) is 0 Å². The lowest BCUT2D eigenvalue weighted by molar-refractivity contribution is -0.154. The van der Waals surface area contributed by atoms with Crippen LogP contribution in [0.15, 0.2) is 60.7 Å². The summed E-state index contributed by atoms with van der Waals surface area (Å²) in [6.07, 6.45) is -1.77. The highest BCUT2D eigenvalue weighted by Crippen LogP contribution is 2.32. The molecule has 0 N–H and O–H groups in total. The SMILES string of the molecule is O=C(OCc1ccccc1)[C@@H]1OS(=O)O[C@H]1c1ccccc1. The molecule has 0 aromatic heterocycles. The zero-order valence-electron chi connectivity index (χ0n) is 11.6. The maximum atomic E-state index is 12.2. The molecule has 0 radical (unpaired) electrons. The third-order valence-corrected chi connectivity index (χ3v) is 3.95. The van der Waals surface area contributed by atoms with Gasteiger partial charge in [-0.2, -0.15) is 4.21 Å². The Balaban J connectivity index is 1.69. The van der Waals surface area contributed by atoms with Crippen LogP contribution in [0.4, 0.5) is 0 Å². The molecule has 0 amide bonds. The first kappa shape index (κ1) is 14.9. The van der Waals surface area contributed by atoms with E-state index < -0.39 is 29.5 Å². The molecule has 0 bridgehead atoms. The van der Waals surface area contributed by atoms with E-state index in [1.807, 2.05) is 48.5 Å². The molecule has 5 nitrogen and oxygen atoms in total. The molecule has 0 saturated carbocycles. The molecular formula is C16H14O5S. The molecule has 2 aromatic carbocycles. The normalized spacial score (nSPS) is 24.1. The van der Waals surface area contributed by atoms with E-state index in [1.165, 1.54) is 0 Å². The number of rotatable bonds is 4. The maximum Gasteiger partial charge on any atom is 0.340 e. The molecule has 6 heteroatoms. The maximum absolute atomic E-state index is 12.2. The number of carbonyl (C=O) groups is 1. The van der Waals surface area contributed by atoms with Crippen molar-refractivity contribution in [1.29, 1.82) is 0 Å². The minimum Gasteiger partial charge on any atom is -0.459 e. The number of hydrogen-bond donors (Lipinski definition) is 0. The van der Waals surface area contributed by atoms with Gasteiger partial charge in [0, 0.05) is 0 Å². The van der Waals surface area contributed by atoms with Gasteiger partial charge in [-0.1, -0.05) is 60.7 Å². The van der Waals surface area contributed by atoms with E-state index in [1.54, 1.807) is 12.1 Å². The van der Waals surface area contributed by atoms with Gasteiger partial charge in [-0.15, -0.1) is 0 Å². The molecule has 114 valence electrons.